The summed E-state index contributed by atoms with van der Waals surface area (Å²) in [7, 11) is 0. The summed E-state index contributed by atoms with van der Waals surface area (Å²) >= 11 is 0. The van der Waals surface area contributed by atoms with Crippen molar-refractivity contribution in [3.8, 4) is 0 Å². The Balaban J connectivity index is 1.57. The molecule has 0 bridgehead atoms. The molecule has 37 heavy (non-hydrogen) atoms. The second-order valence-corrected chi connectivity index (χ2v) is 8.57. The van der Waals surface area contributed by atoms with Gasteiger partial charge in [-0.05, 0) is 35.7 Å². The molecule has 6 nitrogen and oxygen atoms in total. The molecule has 0 heterocycles. The largest absolute Gasteiger partial charge is 0.445 e. The maximum Gasteiger partial charge on any atom is 0.407 e. The van der Waals surface area contributed by atoms with Gasteiger partial charge in [0.25, 0.3) is 5.91 Å². The zero-order valence-corrected chi connectivity index (χ0v) is 20.5. The van der Waals surface area contributed by atoms with Crippen LogP contribution in [-0.4, -0.2) is 24.5 Å². The van der Waals surface area contributed by atoms with Crippen LogP contribution in [0.25, 0.3) is 0 Å². The average molecular weight is 493 g/mol. The number of imide groups is 1. The highest BCUT2D eigenvalue weighted by Gasteiger charge is 2.32. The monoisotopic (exact) mass is 492 g/mol. The van der Waals surface area contributed by atoms with E-state index in [1.165, 1.54) is 0 Å². The van der Waals surface area contributed by atoms with Crippen molar-refractivity contribution in [2.45, 2.75) is 19.4 Å². The SMILES string of the molecule is Cc1ccc(N(C(=O)CNC(=O)OCc2ccccc2)C(=O)C(c2ccccc2)c2ccccc2)cc1. The Morgan fingerprint density at radius 1 is 0.730 bits per heavy atom. The normalized spacial score (nSPS) is 10.5. The Morgan fingerprint density at radius 2 is 1.24 bits per heavy atom. The molecule has 6 heteroatoms. The fourth-order valence-electron chi connectivity index (χ4n) is 3.99. The van der Waals surface area contributed by atoms with E-state index >= 15 is 0 Å². The zero-order valence-electron chi connectivity index (χ0n) is 20.5. The molecule has 186 valence electrons. The van der Waals surface area contributed by atoms with Crippen LogP contribution in [0.2, 0.25) is 0 Å². The van der Waals surface area contributed by atoms with Gasteiger partial charge in [-0.25, -0.2) is 9.69 Å². The molecule has 0 aliphatic heterocycles. The number of carbonyl (C=O) groups excluding carboxylic acids is 3. The summed E-state index contributed by atoms with van der Waals surface area (Å²) in [5.41, 5.74) is 3.78. The number of alkyl carbamates (subject to hydrolysis) is 1. The van der Waals surface area contributed by atoms with E-state index in [2.05, 4.69) is 5.32 Å². The topological polar surface area (TPSA) is 75.7 Å². The molecule has 0 atom stereocenters. The van der Waals surface area contributed by atoms with E-state index in [0.717, 1.165) is 27.2 Å². The summed E-state index contributed by atoms with van der Waals surface area (Å²) in [6, 6.07) is 35.1. The van der Waals surface area contributed by atoms with Gasteiger partial charge in [-0.3, -0.25) is 9.59 Å². The van der Waals surface area contributed by atoms with Crippen molar-refractivity contribution in [1.29, 1.82) is 0 Å². The molecule has 0 saturated heterocycles. The highest BCUT2D eigenvalue weighted by molar-refractivity contribution is 6.18. The summed E-state index contributed by atoms with van der Waals surface area (Å²) in [5.74, 6) is -1.69. The lowest BCUT2D eigenvalue weighted by molar-refractivity contribution is -0.126. The average Bonchev–Trinajstić information content (AvgIpc) is 2.94. The second kappa shape index (κ2) is 12.3. The number of nitrogens with zero attached hydrogens (tertiary/aromatic N) is 1. The third-order valence-electron chi connectivity index (χ3n) is 5.87. The first-order valence-corrected chi connectivity index (χ1v) is 12.0. The summed E-state index contributed by atoms with van der Waals surface area (Å²) in [6.45, 7) is 1.61. The number of nitrogens with one attached hydrogen (secondary N) is 1. The van der Waals surface area contributed by atoms with Crippen molar-refractivity contribution in [3.63, 3.8) is 0 Å². The van der Waals surface area contributed by atoms with Crippen molar-refractivity contribution < 1.29 is 19.1 Å². The maximum atomic E-state index is 14.1. The molecule has 0 radical (unpaired) electrons. The molecule has 0 aliphatic rings. The lowest BCUT2D eigenvalue weighted by Gasteiger charge is -2.27. The fraction of sp³-hybridized carbons (Fsp3) is 0.129. The standard InChI is InChI=1S/C31H28N2O4/c1-23-17-19-27(20-18-23)33(28(34)21-32-31(36)37-22-24-11-5-2-6-12-24)30(35)29(25-13-7-3-8-14-25)26-15-9-4-10-16-26/h2-20,29H,21-22H2,1H3,(H,32,36). The van der Waals surface area contributed by atoms with Crippen LogP contribution in [0.15, 0.2) is 115 Å². The molecule has 0 aliphatic carbocycles. The van der Waals surface area contributed by atoms with Crippen molar-refractivity contribution in [3.05, 3.63) is 138 Å². The van der Waals surface area contributed by atoms with Gasteiger partial charge in [0, 0.05) is 0 Å². The molecule has 4 rings (SSSR count). The predicted molar refractivity (Wildman–Crippen MR) is 143 cm³/mol. The third kappa shape index (κ3) is 6.70. The van der Waals surface area contributed by atoms with Crippen LogP contribution in [0.4, 0.5) is 10.5 Å². The molecule has 1 N–H and O–H groups in total. The number of ether oxygens (including phenoxy) is 1. The Labute approximate surface area is 216 Å². The minimum Gasteiger partial charge on any atom is -0.445 e. The molecule has 4 aromatic carbocycles. The molecule has 0 spiro atoms. The maximum absolute atomic E-state index is 14.1. The van der Waals surface area contributed by atoms with Crippen molar-refractivity contribution >= 4 is 23.6 Å². The second-order valence-electron chi connectivity index (χ2n) is 8.57. The van der Waals surface area contributed by atoms with E-state index in [9.17, 15) is 14.4 Å². The third-order valence-corrected chi connectivity index (χ3v) is 5.87. The van der Waals surface area contributed by atoms with Crippen LogP contribution < -0.4 is 10.2 Å². The number of hydrogen-bond donors (Lipinski definition) is 1. The van der Waals surface area contributed by atoms with Crippen LogP contribution in [0.5, 0.6) is 0 Å². The van der Waals surface area contributed by atoms with Crippen LogP contribution in [0.1, 0.15) is 28.2 Å². The zero-order chi connectivity index (χ0) is 26.0. The lowest BCUT2D eigenvalue weighted by Crippen LogP contribution is -2.46. The van der Waals surface area contributed by atoms with Gasteiger partial charge >= 0.3 is 6.09 Å². The first kappa shape index (κ1) is 25.4. The van der Waals surface area contributed by atoms with Gasteiger partial charge in [0.2, 0.25) is 5.91 Å². The Hall–Kier alpha value is -4.71. The van der Waals surface area contributed by atoms with E-state index in [1.807, 2.05) is 110 Å². The minimum absolute atomic E-state index is 0.0750. The Kier molecular flexibility index (Phi) is 8.45. The molecule has 0 unspecified atom stereocenters. The Bertz CT molecular complexity index is 1280. The van der Waals surface area contributed by atoms with Crippen LogP contribution in [0.3, 0.4) is 0 Å². The van der Waals surface area contributed by atoms with Gasteiger partial charge in [-0.2, -0.15) is 0 Å². The number of rotatable bonds is 8. The number of aryl methyl sites for hydroxylation is 1. The molecular weight excluding hydrogens is 464 g/mol. The first-order chi connectivity index (χ1) is 18.0. The highest BCUT2D eigenvalue weighted by Crippen LogP contribution is 2.29. The molecule has 0 aromatic heterocycles. The van der Waals surface area contributed by atoms with E-state index in [-0.39, 0.29) is 6.61 Å². The van der Waals surface area contributed by atoms with E-state index in [4.69, 9.17) is 4.74 Å². The van der Waals surface area contributed by atoms with Gasteiger partial charge in [-0.15, -0.1) is 0 Å². The van der Waals surface area contributed by atoms with E-state index < -0.39 is 30.4 Å². The summed E-state index contributed by atoms with van der Waals surface area (Å²) in [6.07, 6.45) is -0.740. The number of anilines is 1. The van der Waals surface area contributed by atoms with Gasteiger partial charge in [0.05, 0.1) is 11.6 Å². The fourth-order valence-corrected chi connectivity index (χ4v) is 3.99. The molecule has 0 fully saturated rings. The van der Waals surface area contributed by atoms with Gasteiger partial charge < -0.3 is 10.1 Å². The van der Waals surface area contributed by atoms with Gasteiger partial charge in [-0.1, -0.05) is 109 Å². The van der Waals surface area contributed by atoms with Crippen LogP contribution in [-0.2, 0) is 20.9 Å². The quantitative estimate of drug-likeness (QED) is 0.347. The molecule has 0 saturated carbocycles. The molecule has 4 aromatic rings. The molecular formula is C31H28N2O4. The predicted octanol–water partition coefficient (Wildman–Crippen LogP) is 5.61. The summed E-state index contributed by atoms with van der Waals surface area (Å²) < 4.78 is 5.22. The Morgan fingerprint density at radius 3 is 1.78 bits per heavy atom. The molecule has 3 amide bonds. The first-order valence-electron chi connectivity index (χ1n) is 12.0. The minimum atomic E-state index is -0.740. The van der Waals surface area contributed by atoms with Crippen LogP contribution in [0, 0.1) is 6.92 Å². The van der Waals surface area contributed by atoms with Crippen molar-refractivity contribution in [2.75, 3.05) is 11.4 Å². The van der Waals surface area contributed by atoms with Crippen LogP contribution >= 0.6 is 0 Å². The summed E-state index contributed by atoms with van der Waals surface area (Å²) in [4.78, 5) is 41.0. The van der Waals surface area contributed by atoms with Crippen molar-refractivity contribution in [2.24, 2.45) is 0 Å². The smallest absolute Gasteiger partial charge is 0.407 e. The number of benzene rings is 4. The van der Waals surface area contributed by atoms with E-state index in [0.29, 0.717) is 5.69 Å². The van der Waals surface area contributed by atoms with Gasteiger partial charge in [0.1, 0.15) is 13.2 Å². The van der Waals surface area contributed by atoms with Crippen molar-refractivity contribution in [1.82, 2.24) is 5.32 Å². The number of carbonyl (C=O) groups is 3. The van der Waals surface area contributed by atoms with E-state index in [1.54, 1.807) is 12.1 Å². The van der Waals surface area contributed by atoms with Gasteiger partial charge in [0.15, 0.2) is 0 Å². The summed E-state index contributed by atoms with van der Waals surface area (Å²) in [5, 5.41) is 2.48. The lowest BCUT2D eigenvalue weighted by atomic mass is 9.89. The number of amides is 3. The highest BCUT2D eigenvalue weighted by atomic mass is 16.5. The number of hydrogen-bond acceptors (Lipinski definition) is 4.